The van der Waals surface area contributed by atoms with Gasteiger partial charge in [-0.15, -0.1) is 5.10 Å². The summed E-state index contributed by atoms with van der Waals surface area (Å²) in [7, 11) is 1.93. The van der Waals surface area contributed by atoms with E-state index in [1.165, 1.54) is 28.1 Å². The van der Waals surface area contributed by atoms with E-state index >= 15 is 0 Å². The number of aromatic nitrogens is 5. The molecule has 3 aromatic heterocycles. The van der Waals surface area contributed by atoms with E-state index in [9.17, 15) is 4.79 Å². The van der Waals surface area contributed by atoms with Crippen molar-refractivity contribution in [3.8, 4) is 0 Å². The lowest BCUT2D eigenvalue weighted by Gasteiger charge is -2.33. The van der Waals surface area contributed by atoms with Crippen molar-refractivity contribution >= 4 is 27.1 Å². The maximum atomic E-state index is 11.7. The Morgan fingerprint density at radius 1 is 1.43 bits per heavy atom. The van der Waals surface area contributed by atoms with E-state index in [-0.39, 0.29) is 5.56 Å². The second-order valence-corrected chi connectivity index (χ2v) is 6.64. The second kappa shape index (κ2) is 5.65. The fourth-order valence-corrected chi connectivity index (χ4v) is 3.73. The van der Waals surface area contributed by atoms with E-state index in [0.717, 1.165) is 36.8 Å². The minimum absolute atomic E-state index is 0.153. The van der Waals surface area contributed by atoms with Crippen LogP contribution in [0.1, 0.15) is 12.8 Å². The van der Waals surface area contributed by atoms with Crippen molar-refractivity contribution in [3.05, 3.63) is 35.0 Å². The number of fused-ring (bicyclic) bond motifs is 1. The number of rotatable bonds is 3. The summed E-state index contributed by atoms with van der Waals surface area (Å²) in [4.78, 5) is 18.9. The third-order valence-electron chi connectivity index (χ3n) is 3.98. The van der Waals surface area contributed by atoms with Gasteiger partial charge in [0, 0.05) is 44.6 Å². The van der Waals surface area contributed by atoms with Crippen molar-refractivity contribution in [1.29, 1.82) is 0 Å². The van der Waals surface area contributed by atoms with Crippen molar-refractivity contribution in [2.24, 2.45) is 7.05 Å². The van der Waals surface area contributed by atoms with Crippen LogP contribution in [0.2, 0.25) is 0 Å². The van der Waals surface area contributed by atoms with E-state index in [1.54, 1.807) is 0 Å². The molecule has 1 atom stereocenters. The first-order chi connectivity index (χ1) is 11.2. The zero-order chi connectivity index (χ0) is 15.8. The highest BCUT2D eigenvalue weighted by Crippen LogP contribution is 2.23. The zero-order valence-electron chi connectivity index (χ0n) is 12.7. The summed E-state index contributed by atoms with van der Waals surface area (Å²) >= 11 is 1.40. The molecule has 1 fully saturated rings. The smallest absolute Gasteiger partial charge is 0.275 e. The molecule has 0 amide bonds. The molecule has 0 saturated carbocycles. The number of piperidine rings is 1. The molecular weight excluding hydrogens is 314 g/mol. The van der Waals surface area contributed by atoms with Gasteiger partial charge in [0.05, 0.1) is 11.9 Å². The van der Waals surface area contributed by atoms with Crippen LogP contribution in [-0.2, 0) is 7.05 Å². The van der Waals surface area contributed by atoms with Crippen LogP contribution in [0.4, 0.5) is 10.8 Å². The largest absolute Gasteiger partial charge is 0.367 e. The molecule has 0 radical (unpaired) electrons. The maximum Gasteiger partial charge on any atom is 0.275 e. The summed E-state index contributed by atoms with van der Waals surface area (Å²) in [5.41, 5.74) is 0.987. The average Bonchev–Trinajstić information content (AvgIpc) is 3.14. The van der Waals surface area contributed by atoms with Crippen LogP contribution in [-0.4, -0.2) is 43.5 Å². The van der Waals surface area contributed by atoms with Crippen LogP contribution in [0.5, 0.6) is 0 Å². The lowest BCUT2D eigenvalue weighted by Crippen LogP contribution is -2.42. The van der Waals surface area contributed by atoms with Gasteiger partial charge in [0.15, 0.2) is 0 Å². The predicted molar refractivity (Wildman–Crippen MR) is 89.2 cm³/mol. The first-order valence-electron chi connectivity index (χ1n) is 7.54. The molecule has 0 bridgehead atoms. The minimum atomic E-state index is -0.153. The van der Waals surface area contributed by atoms with E-state index in [2.05, 4.69) is 25.4 Å². The van der Waals surface area contributed by atoms with Crippen LogP contribution in [0.15, 0.2) is 29.5 Å². The number of hydrogen-bond donors (Lipinski definition) is 1. The summed E-state index contributed by atoms with van der Waals surface area (Å²) in [6.07, 6.45) is 7.63. The normalized spacial score (nSPS) is 18.5. The molecule has 0 aromatic carbocycles. The molecule has 120 valence electrons. The molecule has 9 heteroatoms. The standard InChI is InChI=1S/C14H17N7OS/c1-19-9-11(7-16-19)20-6-2-3-10(8-20)17-13-18-21-12(22)4-5-15-14(21)23-13/h4-5,7,9-10H,2-3,6,8H2,1H3,(H,17,18). The molecule has 4 heterocycles. The summed E-state index contributed by atoms with van der Waals surface area (Å²) in [5, 5.41) is 12.7. The van der Waals surface area contributed by atoms with Gasteiger partial charge in [0.25, 0.3) is 5.56 Å². The highest BCUT2D eigenvalue weighted by Gasteiger charge is 2.22. The van der Waals surface area contributed by atoms with Gasteiger partial charge in [-0.2, -0.15) is 9.61 Å². The highest BCUT2D eigenvalue weighted by molar-refractivity contribution is 7.20. The number of anilines is 2. The van der Waals surface area contributed by atoms with Gasteiger partial charge in [-0.05, 0) is 12.8 Å². The van der Waals surface area contributed by atoms with Crippen LogP contribution >= 0.6 is 11.3 Å². The van der Waals surface area contributed by atoms with Crippen LogP contribution < -0.4 is 15.8 Å². The van der Waals surface area contributed by atoms with E-state index < -0.39 is 0 Å². The molecule has 1 unspecified atom stereocenters. The Balaban J connectivity index is 1.51. The Bertz CT molecular complexity index is 883. The average molecular weight is 331 g/mol. The van der Waals surface area contributed by atoms with Crippen molar-refractivity contribution in [2.45, 2.75) is 18.9 Å². The lowest BCUT2D eigenvalue weighted by atomic mass is 10.1. The first kappa shape index (κ1) is 14.2. The van der Waals surface area contributed by atoms with Crippen molar-refractivity contribution < 1.29 is 0 Å². The van der Waals surface area contributed by atoms with Crippen LogP contribution in [0.25, 0.3) is 4.96 Å². The van der Waals surface area contributed by atoms with E-state index in [1.807, 2.05) is 24.1 Å². The molecule has 8 nitrogen and oxygen atoms in total. The first-order valence-corrected chi connectivity index (χ1v) is 8.36. The molecule has 1 aliphatic heterocycles. The van der Waals surface area contributed by atoms with Gasteiger partial charge in [0.2, 0.25) is 10.1 Å². The monoisotopic (exact) mass is 331 g/mol. The third-order valence-corrected chi connectivity index (χ3v) is 4.83. The summed E-state index contributed by atoms with van der Waals surface area (Å²) in [6.45, 7) is 1.93. The van der Waals surface area contributed by atoms with Gasteiger partial charge in [-0.25, -0.2) is 4.98 Å². The Kier molecular flexibility index (Phi) is 3.49. The summed E-state index contributed by atoms with van der Waals surface area (Å²) in [5.74, 6) is 0. The summed E-state index contributed by atoms with van der Waals surface area (Å²) < 4.78 is 3.16. The lowest BCUT2D eigenvalue weighted by molar-refractivity contribution is 0.529. The van der Waals surface area contributed by atoms with Crippen molar-refractivity contribution in [1.82, 2.24) is 24.4 Å². The van der Waals surface area contributed by atoms with E-state index in [4.69, 9.17) is 0 Å². The number of nitrogens with one attached hydrogen (secondary N) is 1. The van der Waals surface area contributed by atoms with Crippen molar-refractivity contribution in [2.75, 3.05) is 23.3 Å². The van der Waals surface area contributed by atoms with Gasteiger partial charge in [0.1, 0.15) is 0 Å². The fraction of sp³-hybridized carbons (Fsp3) is 0.429. The fourth-order valence-electron chi connectivity index (χ4n) is 2.88. The van der Waals surface area contributed by atoms with Gasteiger partial charge in [-0.3, -0.25) is 9.48 Å². The Morgan fingerprint density at radius 3 is 3.13 bits per heavy atom. The topological polar surface area (TPSA) is 80.4 Å². The molecule has 3 aromatic rings. The van der Waals surface area contributed by atoms with Gasteiger partial charge in [-0.1, -0.05) is 11.3 Å². The van der Waals surface area contributed by atoms with Gasteiger partial charge < -0.3 is 10.2 Å². The van der Waals surface area contributed by atoms with E-state index in [0.29, 0.717) is 11.0 Å². The molecule has 1 N–H and O–H groups in total. The molecular formula is C14H17N7OS. The molecule has 0 spiro atoms. The third kappa shape index (κ3) is 2.79. The molecule has 0 aliphatic carbocycles. The van der Waals surface area contributed by atoms with Gasteiger partial charge >= 0.3 is 0 Å². The Hall–Kier alpha value is -2.42. The SMILES string of the molecule is Cn1cc(N2CCCC(Nc3nn4c(=O)ccnc4s3)C2)cn1. The van der Waals surface area contributed by atoms with Crippen molar-refractivity contribution in [3.63, 3.8) is 0 Å². The quantitative estimate of drug-likeness (QED) is 0.770. The zero-order valence-corrected chi connectivity index (χ0v) is 13.5. The molecule has 1 saturated heterocycles. The van der Waals surface area contributed by atoms with Crippen LogP contribution in [0, 0.1) is 0 Å². The molecule has 4 rings (SSSR count). The minimum Gasteiger partial charge on any atom is -0.367 e. The highest BCUT2D eigenvalue weighted by atomic mass is 32.1. The van der Waals surface area contributed by atoms with Crippen LogP contribution in [0.3, 0.4) is 0 Å². The maximum absolute atomic E-state index is 11.7. The number of hydrogen-bond acceptors (Lipinski definition) is 7. The summed E-state index contributed by atoms with van der Waals surface area (Å²) in [6, 6.07) is 1.71. The number of nitrogens with zero attached hydrogens (tertiary/aromatic N) is 6. The molecule has 1 aliphatic rings. The Labute approximate surface area is 136 Å². The molecule has 23 heavy (non-hydrogen) atoms. The number of aryl methyl sites for hydroxylation is 1. The Morgan fingerprint density at radius 2 is 2.35 bits per heavy atom. The predicted octanol–water partition coefficient (Wildman–Crippen LogP) is 0.965. The second-order valence-electron chi connectivity index (χ2n) is 5.69.